The van der Waals surface area contributed by atoms with Gasteiger partial charge in [0.2, 0.25) is 0 Å². The fourth-order valence-electron chi connectivity index (χ4n) is 2.98. The van der Waals surface area contributed by atoms with Crippen molar-refractivity contribution in [2.75, 3.05) is 6.61 Å². The second-order valence-electron chi connectivity index (χ2n) is 5.63. The van der Waals surface area contributed by atoms with Gasteiger partial charge in [-0.15, -0.1) is 0 Å². The molecule has 106 valence electrons. The van der Waals surface area contributed by atoms with Crippen LogP contribution in [-0.2, 0) is 0 Å². The summed E-state index contributed by atoms with van der Waals surface area (Å²) >= 11 is 5.94. The molecule has 19 heavy (non-hydrogen) atoms. The lowest BCUT2D eigenvalue weighted by Gasteiger charge is -2.32. The van der Waals surface area contributed by atoms with E-state index in [1.54, 1.807) is 0 Å². The first-order valence-electron chi connectivity index (χ1n) is 7.33. The van der Waals surface area contributed by atoms with Crippen LogP contribution in [0.5, 0.6) is 5.75 Å². The van der Waals surface area contributed by atoms with Gasteiger partial charge in [0.25, 0.3) is 0 Å². The van der Waals surface area contributed by atoms with Crippen molar-refractivity contribution < 1.29 is 4.74 Å². The standard InChI is InChI=1S/C16H24ClNO/c1-2-12-5-3-6-13(9-12)16(18)11-19-15-8-4-7-14(17)10-15/h4,7-8,10,12-13,16H,2-3,5-6,9,11,18H2,1H3. The summed E-state index contributed by atoms with van der Waals surface area (Å²) in [7, 11) is 0. The third-order valence-corrected chi connectivity index (χ3v) is 4.48. The number of rotatable bonds is 5. The summed E-state index contributed by atoms with van der Waals surface area (Å²) in [5.41, 5.74) is 6.29. The summed E-state index contributed by atoms with van der Waals surface area (Å²) < 4.78 is 5.76. The van der Waals surface area contributed by atoms with Crippen LogP contribution < -0.4 is 10.5 Å². The number of hydrogen-bond acceptors (Lipinski definition) is 2. The molecule has 1 fully saturated rings. The summed E-state index contributed by atoms with van der Waals surface area (Å²) in [5.74, 6) is 2.28. The summed E-state index contributed by atoms with van der Waals surface area (Å²) in [6, 6.07) is 7.64. The van der Waals surface area contributed by atoms with Gasteiger partial charge in [0, 0.05) is 11.1 Å². The van der Waals surface area contributed by atoms with E-state index in [0.717, 1.165) is 11.7 Å². The van der Waals surface area contributed by atoms with E-state index in [0.29, 0.717) is 17.5 Å². The van der Waals surface area contributed by atoms with Gasteiger partial charge in [0.05, 0.1) is 0 Å². The Morgan fingerprint density at radius 1 is 1.42 bits per heavy atom. The molecule has 0 bridgehead atoms. The maximum Gasteiger partial charge on any atom is 0.120 e. The fourth-order valence-corrected chi connectivity index (χ4v) is 3.16. The van der Waals surface area contributed by atoms with Crippen molar-refractivity contribution >= 4 is 11.6 Å². The lowest BCUT2D eigenvalue weighted by atomic mass is 9.77. The maximum atomic E-state index is 6.29. The van der Waals surface area contributed by atoms with Crippen LogP contribution in [0.2, 0.25) is 5.02 Å². The largest absolute Gasteiger partial charge is 0.492 e. The molecule has 0 saturated heterocycles. The molecule has 0 amide bonds. The zero-order valence-corrected chi connectivity index (χ0v) is 12.4. The van der Waals surface area contributed by atoms with Gasteiger partial charge in [0.1, 0.15) is 12.4 Å². The Morgan fingerprint density at radius 2 is 2.26 bits per heavy atom. The quantitative estimate of drug-likeness (QED) is 0.875. The van der Waals surface area contributed by atoms with Crippen LogP contribution in [0.3, 0.4) is 0 Å². The lowest BCUT2D eigenvalue weighted by Crippen LogP contribution is -2.38. The summed E-state index contributed by atoms with van der Waals surface area (Å²) in [6.45, 7) is 2.86. The molecule has 2 N–H and O–H groups in total. The van der Waals surface area contributed by atoms with Crippen molar-refractivity contribution in [2.24, 2.45) is 17.6 Å². The molecule has 0 radical (unpaired) electrons. The molecule has 1 aromatic rings. The molecular weight excluding hydrogens is 258 g/mol. The van der Waals surface area contributed by atoms with Gasteiger partial charge in [-0.05, 0) is 42.9 Å². The minimum Gasteiger partial charge on any atom is -0.492 e. The number of halogens is 1. The van der Waals surface area contributed by atoms with E-state index in [-0.39, 0.29) is 6.04 Å². The molecule has 1 aromatic carbocycles. The summed E-state index contributed by atoms with van der Waals surface area (Å²) in [4.78, 5) is 0. The molecule has 2 rings (SSSR count). The van der Waals surface area contributed by atoms with Gasteiger partial charge in [-0.2, -0.15) is 0 Å². The Hall–Kier alpha value is -0.730. The van der Waals surface area contributed by atoms with Crippen molar-refractivity contribution in [1.29, 1.82) is 0 Å². The first-order chi connectivity index (χ1) is 9.19. The number of nitrogens with two attached hydrogens (primary N) is 1. The minimum atomic E-state index is 0.133. The lowest BCUT2D eigenvalue weighted by molar-refractivity contribution is 0.181. The smallest absolute Gasteiger partial charge is 0.120 e. The number of ether oxygens (including phenoxy) is 1. The van der Waals surface area contributed by atoms with E-state index < -0.39 is 0 Å². The Balaban J connectivity index is 1.82. The first kappa shape index (κ1) is 14.7. The van der Waals surface area contributed by atoms with E-state index in [9.17, 15) is 0 Å². The van der Waals surface area contributed by atoms with Gasteiger partial charge in [0.15, 0.2) is 0 Å². The van der Waals surface area contributed by atoms with E-state index in [4.69, 9.17) is 22.1 Å². The van der Waals surface area contributed by atoms with Crippen molar-refractivity contribution in [3.63, 3.8) is 0 Å². The van der Waals surface area contributed by atoms with Crippen molar-refractivity contribution in [1.82, 2.24) is 0 Å². The Kier molecular flexibility index (Phi) is 5.53. The highest BCUT2D eigenvalue weighted by atomic mass is 35.5. The zero-order valence-electron chi connectivity index (χ0n) is 11.6. The van der Waals surface area contributed by atoms with Crippen molar-refractivity contribution in [3.05, 3.63) is 29.3 Å². The van der Waals surface area contributed by atoms with Gasteiger partial charge < -0.3 is 10.5 Å². The van der Waals surface area contributed by atoms with E-state index in [1.165, 1.54) is 32.1 Å². The monoisotopic (exact) mass is 281 g/mol. The third-order valence-electron chi connectivity index (χ3n) is 4.24. The second-order valence-corrected chi connectivity index (χ2v) is 6.07. The molecule has 0 aromatic heterocycles. The number of hydrogen-bond donors (Lipinski definition) is 1. The Morgan fingerprint density at radius 3 is 3.00 bits per heavy atom. The molecule has 1 saturated carbocycles. The van der Waals surface area contributed by atoms with Crippen LogP contribution in [0.15, 0.2) is 24.3 Å². The Bertz CT molecular complexity index is 396. The predicted octanol–water partition coefficient (Wildman–Crippen LogP) is 4.26. The Labute approximate surface area is 121 Å². The van der Waals surface area contributed by atoms with Gasteiger partial charge in [-0.1, -0.05) is 43.9 Å². The van der Waals surface area contributed by atoms with E-state index in [1.807, 2.05) is 24.3 Å². The average Bonchev–Trinajstić information content (AvgIpc) is 2.45. The predicted molar refractivity (Wildman–Crippen MR) is 80.7 cm³/mol. The van der Waals surface area contributed by atoms with Crippen LogP contribution in [-0.4, -0.2) is 12.6 Å². The first-order valence-corrected chi connectivity index (χ1v) is 7.70. The van der Waals surface area contributed by atoms with E-state index >= 15 is 0 Å². The van der Waals surface area contributed by atoms with Crippen molar-refractivity contribution in [3.8, 4) is 5.75 Å². The topological polar surface area (TPSA) is 35.2 Å². The molecule has 2 nitrogen and oxygen atoms in total. The minimum absolute atomic E-state index is 0.133. The fraction of sp³-hybridized carbons (Fsp3) is 0.625. The molecule has 3 heteroatoms. The van der Waals surface area contributed by atoms with Gasteiger partial charge >= 0.3 is 0 Å². The second kappa shape index (κ2) is 7.16. The van der Waals surface area contributed by atoms with Gasteiger partial charge in [-0.3, -0.25) is 0 Å². The van der Waals surface area contributed by atoms with Gasteiger partial charge in [-0.25, -0.2) is 0 Å². The highest BCUT2D eigenvalue weighted by molar-refractivity contribution is 6.30. The SMILES string of the molecule is CCC1CCCC(C(N)COc2cccc(Cl)c2)C1. The van der Waals surface area contributed by atoms with Crippen LogP contribution >= 0.6 is 11.6 Å². The highest BCUT2D eigenvalue weighted by Gasteiger charge is 2.25. The van der Waals surface area contributed by atoms with Crippen LogP contribution in [0.1, 0.15) is 39.0 Å². The summed E-state index contributed by atoms with van der Waals surface area (Å²) in [5, 5.41) is 0.704. The maximum absolute atomic E-state index is 6.29. The molecule has 1 aliphatic carbocycles. The molecule has 0 spiro atoms. The van der Waals surface area contributed by atoms with Crippen molar-refractivity contribution in [2.45, 2.75) is 45.1 Å². The normalized spacial score (nSPS) is 25.0. The van der Waals surface area contributed by atoms with Crippen LogP contribution in [0.25, 0.3) is 0 Å². The average molecular weight is 282 g/mol. The molecule has 3 atom stereocenters. The number of benzene rings is 1. The molecule has 1 aliphatic rings. The molecule has 3 unspecified atom stereocenters. The van der Waals surface area contributed by atoms with E-state index in [2.05, 4.69) is 6.92 Å². The van der Waals surface area contributed by atoms with Crippen LogP contribution in [0.4, 0.5) is 0 Å². The molecular formula is C16H24ClNO. The van der Waals surface area contributed by atoms with Crippen LogP contribution in [0, 0.1) is 11.8 Å². The molecule has 0 heterocycles. The summed E-state index contributed by atoms with van der Waals surface area (Å²) in [6.07, 6.45) is 6.47. The third kappa shape index (κ3) is 4.39. The molecule has 0 aliphatic heterocycles. The zero-order chi connectivity index (χ0) is 13.7. The highest BCUT2D eigenvalue weighted by Crippen LogP contribution is 2.32.